The van der Waals surface area contributed by atoms with Crippen LogP contribution in [-0.4, -0.2) is 64.7 Å². The van der Waals surface area contributed by atoms with Crippen molar-refractivity contribution < 1.29 is 0 Å². The molecule has 1 aromatic carbocycles. The smallest absolute Gasteiger partial charge is 0.224 e. The molecule has 0 saturated carbocycles. The number of rotatable bonds is 2. The lowest BCUT2D eigenvalue weighted by Gasteiger charge is -2.51. The fourth-order valence-corrected chi connectivity index (χ4v) is 4.94. The van der Waals surface area contributed by atoms with E-state index in [9.17, 15) is 5.26 Å². The van der Waals surface area contributed by atoms with Gasteiger partial charge in [-0.2, -0.15) is 5.26 Å². The van der Waals surface area contributed by atoms with Crippen LogP contribution < -0.4 is 9.80 Å². The molecule has 2 aromatic heterocycles. The first-order valence-electron chi connectivity index (χ1n) is 10.2. The number of fused-ring (bicyclic) bond motifs is 2. The van der Waals surface area contributed by atoms with Gasteiger partial charge in [0.1, 0.15) is 11.9 Å². The van der Waals surface area contributed by atoms with E-state index in [2.05, 4.69) is 54.8 Å². The third kappa shape index (κ3) is 3.32. The Bertz CT molecular complexity index is 1130. The number of aromatic nitrogens is 3. The molecule has 4 heterocycles. The summed E-state index contributed by atoms with van der Waals surface area (Å²) in [5.41, 5.74) is 2.53. The van der Waals surface area contributed by atoms with Crippen molar-refractivity contribution in [2.45, 2.75) is 19.0 Å². The third-order valence-corrected chi connectivity index (χ3v) is 6.34. The van der Waals surface area contributed by atoms with Gasteiger partial charge >= 0.3 is 0 Å². The van der Waals surface area contributed by atoms with Crippen molar-refractivity contribution in [3.05, 3.63) is 53.6 Å². The van der Waals surface area contributed by atoms with Crippen molar-refractivity contribution in [1.82, 2.24) is 19.9 Å². The zero-order valence-corrected chi connectivity index (χ0v) is 17.5. The van der Waals surface area contributed by atoms with Crippen molar-refractivity contribution in [2.24, 2.45) is 0 Å². The molecule has 2 aliphatic rings. The summed E-state index contributed by atoms with van der Waals surface area (Å²) in [5, 5.41) is 10.8. The molecule has 3 aromatic rings. The molecule has 0 radical (unpaired) electrons. The molecule has 2 atom stereocenters. The Morgan fingerprint density at radius 2 is 1.90 bits per heavy atom. The molecule has 7 nitrogen and oxygen atoms in total. The predicted molar refractivity (Wildman–Crippen MR) is 118 cm³/mol. The van der Waals surface area contributed by atoms with Crippen LogP contribution in [0.15, 0.2) is 42.7 Å². The largest absolute Gasteiger partial charge is 0.368 e. The first-order chi connectivity index (χ1) is 14.6. The van der Waals surface area contributed by atoms with Crippen LogP contribution in [0.4, 0.5) is 11.5 Å². The van der Waals surface area contributed by atoms with Gasteiger partial charge in [0.15, 0.2) is 0 Å². The number of nitriles is 1. The van der Waals surface area contributed by atoms with E-state index in [-0.39, 0.29) is 5.28 Å². The van der Waals surface area contributed by atoms with E-state index < -0.39 is 0 Å². The second kappa shape index (κ2) is 7.71. The van der Waals surface area contributed by atoms with Gasteiger partial charge in [0.2, 0.25) is 5.28 Å². The summed E-state index contributed by atoms with van der Waals surface area (Å²) in [6, 6.07) is 12.9. The van der Waals surface area contributed by atoms with Crippen LogP contribution in [-0.2, 0) is 0 Å². The molecule has 0 amide bonds. The molecule has 0 unspecified atom stereocenters. The fourth-order valence-electron chi connectivity index (χ4n) is 4.80. The monoisotopic (exact) mass is 419 g/mol. The van der Waals surface area contributed by atoms with Crippen LogP contribution >= 0.6 is 11.6 Å². The quantitative estimate of drug-likeness (QED) is 0.591. The Morgan fingerprint density at radius 3 is 2.73 bits per heavy atom. The molecular formula is C22H22ClN7. The van der Waals surface area contributed by atoms with Crippen LogP contribution in [0.2, 0.25) is 5.28 Å². The maximum Gasteiger partial charge on any atom is 0.224 e. The molecule has 0 spiro atoms. The maximum atomic E-state index is 9.45. The van der Waals surface area contributed by atoms with Gasteiger partial charge in [-0.15, -0.1) is 0 Å². The molecular weight excluding hydrogens is 398 g/mol. The van der Waals surface area contributed by atoms with Crippen LogP contribution in [0, 0.1) is 11.3 Å². The zero-order chi connectivity index (χ0) is 20.7. The predicted octanol–water partition coefficient (Wildman–Crippen LogP) is 2.95. The lowest BCUT2D eigenvalue weighted by Crippen LogP contribution is -2.65. The van der Waals surface area contributed by atoms with Gasteiger partial charge < -0.3 is 9.80 Å². The summed E-state index contributed by atoms with van der Waals surface area (Å²) in [7, 11) is 0. The van der Waals surface area contributed by atoms with Crippen LogP contribution in [0.1, 0.15) is 12.5 Å². The second-order valence-corrected chi connectivity index (χ2v) is 8.26. The minimum Gasteiger partial charge on any atom is -0.368 e. The van der Waals surface area contributed by atoms with Gasteiger partial charge in [0, 0.05) is 68.3 Å². The summed E-state index contributed by atoms with van der Waals surface area (Å²) in [4.78, 5) is 20.2. The number of benzene rings is 1. The van der Waals surface area contributed by atoms with Crippen molar-refractivity contribution in [3.63, 3.8) is 0 Å². The molecule has 2 aliphatic heterocycles. The molecule has 8 heteroatoms. The fraction of sp³-hybridized carbons (Fsp3) is 0.364. The number of hydrogen-bond donors (Lipinski definition) is 0. The average Bonchev–Trinajstić information content (AvgIpc) is 2.78. The van der Waals surface area contributed by atoms with E-state index in [1.165, 1.54) is 0 Å². The Hall–Kier alpha value is -2.95. The highest BCUT2D eigenvalue weighted by molar-refractivity contribution is 6.28. The summed E-state index contributed by atoms with van der Waals surface area (Å²) in [6.45, 7) is 6.97. The Balaban J connectivity index is 1.45. The van der Waals surface area contributed by atoms with E-state index in [1.54, 1.807) is 12.4 Å². The molecule has 5 rings (SSSR count). The number of anilines is 2. The first kappa shape index (κ1) is 19.0. The standard InChI is InChI=1S/C22H22ClN7/c1-15-12-29(19-5-4-16(11-24)21-18(19)3-2-7-25-21)14-17-13-28(9-10-30(15)17)20-6-8-26-22(23)27-20/h2-8,15,17H,9-10,12-14H2,1H3/t15-,17+/m1/s1. The second-order valence-electron chi connectivity index (χ2n) is 7.92. The van der Waals surface area contributed by atoms with Gasteiger partial charge in [0.25, 0.3) is 0 Å². The molecule has 0 aliphatic carbocycles. The maximum absolute atomic E-state index is 9.45. The summed E-state index contributed by atoms with van der Waals surface area (Å²) in [6.07, 6.45) is 3.46. The Morgan fingerprint density at radius 1 is 1.03 bits per heavy atom. The van der Waals surface area contributed by atoms with E-state index >= 15 is 0 Å². The zero-order valence-electron chi connectivity index (χ0n) is 16.7. The SMILES string of the molecule is C[C@@H]1CN(c2ccc(C#N)c3ncccc23)C[C@@H]2CN(c3ccnc(Cl)n3)CCN21. The first-order valence-corrected chi connectivity index (χ1v) is 10.5. The minimum absolute atomic E-state index is 0.283. The van der Waals surface area contributed by atoms with Gasteiger partial charge in [-0.05, 0) is 48.9 Å². The highest BCUT2D eigenvalue weighted by Crippen LogP contribution is 2.32. The molecule has 2 saturated heterocycles. The third-order valence-electron chi connectivity index (χ3n) is 6.15. The lowest BCUT2D eigenvalue weighted by atomic mass is 10.0. The summed E-state index contributed by atoms with van der Waals surface area (Å²) in [5.74, 6) is 0.882. The van der Waals surface area contributed by atoms with E-state index in [1.807, 2.05) is 18.2 Å². The van der Waals surface area contributed by atoms with Gasteiger partial charge in [-0.3, -0.25) is 9.88 Å². The van der Waals surface area contributed by atoms with Crippen LogP contribution in [0.25, 0.3) is 10.9 Å². The average molecular weight is 420 g/mol. The summed E-state index contributed by atoms with van der Waals surface area (Å²) < 4.78 is 0. The normalized spacial score (nSPS) is 22.0. The molecule has 0 N–H and O–H groups in total. The van der Waals surface area contributed by atoms with Crippen molar-refractivity contribution >= 4 is 34.0 Å². The Kier molecular flexibility index (Phi) is 4.89. The number of piperazine rings is 2. The number of nitrogens with zero attached hydrogens (tertiary/aromatic N) is 7. The van der Waals surface area contributed by atoms with E-state index in [0.717, 1.165) is 55.1 Å². The number of pyridine rings is 1. The van der Waals surface area contributed by atoms with Crippen molar-refractivity contribution in [3.8, 4) is 6.07 Å². The van der Waals surface area contributed by atoms with E-state index in [0.29, 0.717) is 17.6 Å². The van der Waals surface area contributed by atoms with Crippen LogP contribution in [0.3, 0.4) is 0 Å². The highest BCUT2D eigenvalue weighted by atomic mass is 35.5. The van der Waals surface area contributed by atoms with E-state index in [4.69, 9.17) is 11.6 Å². The van der Waals surface area contributed by atoms with Gasteiger partial charge in [-0.25, -0.2) is 9.97 Å². The lowest BCUT2D eigenvalue weighted by molar-refractivity contribution is 0.108. The Labute approximate surface area is 180 Å². The van der Waals surface area contributed by atoms with Crippen molar-refractivity contribution in [1.29, 1.82) is 5.26 Å². The van der Waals surface area contributed by atoms with Crippen LogP contribution in [0.5, 0.6) is 0 Å². The van der Waals surface area contributed by atoms with Gasteiger partial charge in [-0.1, -0.05) is 0 Å². The topological polar surface area (TPSA) is 72.2 Å². The molecule has 0 bridgehead atoms. The molecule has 2 fully saturated rings. The van der Waals surface area contributed by atoms with Crippen molar-refractivity contribution in [2.75, 3.05) is 42.5 Å². The minimum atomic E-state index is 0.283. The molecule has 152 valence electrons. The number of halogens is 1. The summed E-state index contributed by atoms with van der Waals surface area (Å²) >= 11 is 6.01. The highest BCUT2D eigenvalue weighted by Gasteiger charge is 2.37. The molecule has 30 heavy (non-hydrogen) atoms. The van der Waals surface area contributed by atoms with Gasteiger partial charge in [0.05, 0.1) is 11.1 Å². The number of hydrogen-bond acceptors (Lipinski definition) is 7.